The van der Waals surface area contributed by atoms with Crippen LogP contribution in [0.5, 0.6) is 0 Å². The number of hydrogen-bond acceptors (Lipinski definition) is 4. The highest BCUT2D eigenvalue weighted by molar-refractivity contribution is 7.89. The minimum Gasteiger partial charge on any atom is -0.353 e. The molecule has 2 amide bonds. The highest BCUT2D eigenvalue weighted by Crippen LogP contribution is 2.24. The average molecular weight is 478 g/mol. The number of piperidine rings is 1. The fourth-order valence-electron chi connectivity index (χ4n) is 4.65. The molecule has 1 heterocycles. The van der Waals surface area contributed by atoms with Crippen molar-refractivity contribution >= 4 is 21.8 Å². The van der Waals surface area contributed by atoms with Gasteiger partial charge in [0.25, 0.3) is 0 Å². The van der Waals surface area contributed by atoms with Crippen molar-refractivity contribution in [3.63, 3.8) is 0 Å². The lowest BCUT2D eigenvalue weighted by molar-refractivity contribution is -0.135. The third-order valence-corrected chi connectivity index (χ3v) is 8.23. The molecule has 0 bridgehead atoms. The fourth-order valence-corrected chi connectivity index (χ4v) is 5.68. The van der Waals surface area contributed by atoms with E-state index in [-0.39, 0.29) is 47.1 Å². The van der Waals surface area contributed by atoms with Gasteiger partial charge < -0.3 is 10.2 Å². The third kappa shape index (κ3) is 7.27. The summed E-state index contributed by atoms with van der Waals surface area (Å²) >= 11 is 0. The van der Waals surface area contributed by atoms with Crippen LogP contribution in [0.15, 0.2) is 29.2 Å². The van der Waals surface area contributed by atoms with E-state index in [0.29, 0.717) is 13.1 Å². The van der Waals surface area contributed by atoms with E-state index in [9.17, 15) is 18.0 Å². The van der Waals surface area contributed by atoms with Crippen LogP contribution in [0.25, 0.3) is 0 Å². The van der Waals surface area contributed by atoms with Crippen LogP contribution in [0.3, 0.4) is 0 Å². The molecule has 1 aromatic rings. The molecule has 8 heteroatoms. The summed E-state index contributed by atoms with van der Waals surface area (Å²) in [6.45, 7) is 7.30. The van der Waals surface area contributed by atoms with E-state index in [1.807, 2.05) is 12.1 Å². The maximum atomic E-state index is 12.7. The molecule has 3 rings (SSSR count). The summed E-state index contributed by atoms with van der Waals surface area (Å²) in [5.41, 5.74) is 1.01. The molecule has 0 radical (unpaired) electrons. The molecular weight excluding hydrogens is 438 g/mol. The first-order valence-corrected chi connectivity index (χ1v) is 13.7. The first-order valence-electron chi connectivity index (χ1n) is 12.2. The van der Waals surface area contributed by atoms with Crippen LogP contribution < -0.4 is 10.0 Å². The van der Waals surface area contributed by atoms with Gasteiger partial charge in [0, 0.05) is 32.1 Å². The van der Waals surface area contributed by atoms with Crippen molar-refractivity contribution in [3.05, 3.63) is 29.8 Å². The van der Waals surface area contributed by atoms with Gasteiger partial charge in [0.05, 0.1) is 10.8 Å². The monoisotopic (exact) mass is 477 g/mol. The van der Waals surface area contributed by atoms with Crippen LogP contribution in [-0.2, 0) is 25.0 Å². The predicted molar refractivity (Wildman–Crippen MR) is 129 cm³/mol. The Hall–Kier alpha value is -1.93. The number of rotatable bonds is 7. The van der Waals surface area contributed by atoms with E-state index in [2.05, 4.69) is 30.8 Å². The summed E-state index contributed by atoms with van der Waals surface area (Å²) in [6, 6.07) is 7.12. The van der Waals surface area contributed by atoms with Gasteiger partial charge in [-0.3, -0.25) is 9.59 Å². The zero-order valence-corrected chi connectivity index (χ0v) is 21.0. The van der Waals surface area contributed by atoms with Gasteiger partial charge in [-0.25, -0.2) is 13.1 Å². The van der Waals surface area contributed by atoms with Gasteiger partial charge in [-0.2, -0.15) is 0 Å². The Kier molecular flexibility index (Phi) is 8.56. The van der Waals surface area contributed by atoms with Crippen molar-refractivity contribution in [2.45, 2.75) is 88.5 Å². The van der Waals surface area contributed by atoms with Gasteiger partial charge >= 0.3 is 0 Å². The summed E-state index contributed by atoms with van der Waals surface area (Å²) in [7, 11) is -3.67. The molecular formula is C25H39N3O4S. The standard InChI is InChI=1S/C25H39N3O4S/c1-25(2,3)20-11-13-22(14-12-20)33(31,32)26-16-15-23(29)28-17-7-8-19(18-28)24(30)27-21-9-5-4-6-10-21/h11-14,19,21,26H,4-10,15-18H2,1-3H3,(H,27,30). The maximum Gasteiger partial charge on any atom is 0.240 e. The predicted octanol–water partition coefficient (Wildman–Crippen LogP) is 3.34. The number of benzene rings is 1. The minimum atomic E-state index is -3.67. The molecule has 1 saturated heterocycles. The van der Waals surface area contributed by atoms with Crippen LogP contribution in [-0.4, -0.2) is 50.8 Å². The van der Waals surface area contributed by atoms with E-state index in [1.165, 1.54) is 6.42 Å². The largest absolute Gasteiger partial charge is 0.353 e. The third-order valence-electron chi connectivity index (χ3n) is 6.76. The molecule has 1 aromatic carbocycles. The Morgan fingerprint density at radius 1 is 1.00 bits per heavy atom. The number of hydrogen-bond donors (Lipinski definition) is 2. The number of nitrogens with one attached hydrogen (secondary N) is 2. The van der Waals surface area contributed by atoms with Crippen LogP contribution in [0.1, 0.15) is 77.7 Å². The number of carbonyl (C=O) groups excluding carboxylic acids is 2. The Labute approximate surface area is 198 Å². The van der Waals surface area contributed by atoms with Crippen molar-refractivity contribution < 1.29 is 18.0 Å². The first-order chi connectivity index (χ1) is 15.6. The second-order valence-electron chi connectivity index (χ2n) is 10.4. The summed E-state index contributed by atoms with van der Waals surface area (Å²) in [5.74, 6) is -0.239. The molecule has 0 spiro atoms. The highest BCUT2D eigenvalue weighted by atomic mass is 32.2. The quantitative estimate of drug-likeness (QED) is 0.630. The molecule has 1 saturated carbocycles. The second-order valence-corrected chi connectivity index (χ2v) is 12.2. The summed E-state index contributed by atoms with van der Waals surface area (Å²) in [4.78, 5) is 27.3. The van der Waals surface area contributed by atoms with Gasteiger partial charge in [0.1, 0.15) is 0 Å². The van der Waals surface area contributed by atoms with Crippen LogP contribution in [0.2, 0.25) is 0 Å². The maximum absolute atomic E-state index is 12.7. The van der Waals surface area contributed by atoms with Gasteiger partial charge in [-0.05, 0) is 48.8 Å². The van der Waals surface area contributed by atoms with Crippen LogP contribution in [0.4, 0.5) is 0 Å². The number of carbonyl (C=O) groups is 2. The van der Waals surface area contributed by atoms with Gasteiger partial charge in [-0.15, -0.1) is 0 Å². The van der Waals surface area contributed by atoms with Gasteiger partial charge in [-0.1, -0.05) is 52.2 Å². The molecule has 1 atom stereocenters. The fraction of sp³-hybridized carbons (Fsp3) is 0.680. The lowest BCUT2D eigenvalue weighted by Gasteiger charge is -2.33. The zero-order chi connectivity index (χ0) is 24.1. The Bertz CT molecular complexity index is 916. The number of likely N-dealkylation sites (tertiary alicyclic amines) is 1. The van der Waals surface area contributed by atoms with Crippen molar-refractivity contribution in [1.29, 1.82) is 0 Å². The number of nitrogens with zero attached hydrogens (tertiary/aromatic N) is 1. The van der Waals surface area contributed by atoms with Crippen molar-refractivity contribution in [3.8, 4) is 0 Å². The summed E-state index contributed by atoms with van der Waals surface area (Å²) < 4.78 is 27.7. The molecule has 33 heavy (non-hydrogen) atoms. The van der Waals surface area contributed by atoms with Crippen molar-refractivity contribution in [2.24, 2.45) is 5.92 Å². The van der Waals surface area contributed by atoms with E-state index in [4.69, 9.17) is 0 Å². The molecule has 1 unspecified atom stereocenters. The zero-order valence-electron chi connectivity index (χ0n) is 20.2. The van der Waals surface area contributed by atoms with E-state index < -0.39 is 10.0 Å². The lowest BCUT2D eigenvalue weighted by Crippen LogP contribution is -2.48. The van der Waals surface area contributed by atoms with E-state index >= 15 is 0 Å². The van der Waals surface area contributed by atoms with Gasteiger partial charge in [0.2, 0.25) is 21.8 Å². The smallest absolute Gasteiger partial charge is 0.240 e. The normalized spacial score (nSPS) is 20.5. The Morgan fingerprint density at radius 2 is 1.67 bits per heavy atom. The second kappa shape index (κ2) is 11.0. The Balaban J connectivity index is 1.47. The number of amides is 2. The van der Waals surface area contributed by atoms with Crippen LogP contribution in [0, 0.1) is 5.92 Å². The lowest BCUT2D eigenvalue weighted by atomic mass is 9.87. The van der Waals surface area contributed by atoms with E-state index in [1.54, 1.807) is 17.0 Å². The molecule has 0 aromatic heterocycles. The topological polar surface area (TPSA) is 95.6 Å². The summed E-state index contributed by atoms with van der Waals surface area (Å²) in [5, 5.41) is 3.17. The van der Waals surface area contributed by atoms with Gasteiger partial charge in [0.15, 0.2) is 0 Å². The number of sulfonamides is 1. The van der Waals surface area contributed by atoms with Crippen molar-refractivity contribution in [2.75, 3.05) is 19.6 Å². The van der Waals surface area contributed by atoms with Crippen LogP contribution >= 0.6 is 0 Å². The molecule has 2 aliphatic rings. The molecule has 1 aliphatic carbocycles. The first kappa shape index (κ1) is 25.7. The SMILES string of the molecule is CC(C)(C)c1ccc(S(=O)(=O)NCCC(=O)N2CCCC(C(=O)NC3CCCCC3)C2)cc1. The summed E-state index contributed by atoms with van der Waals surface area (Å²) in [6.07, 6.45) is 7.31. The molecule has 2 fully saturated rings. The molecule has 2 N–H and O–H groups in total. The highest BCUT2D eigenvalue weighted by Gasteiger charge is 2.30. The minimum absolute atomic E-state index is 0.0393. The Morgan fingerprint density at radius 3 is 2.30 bits per heavy atom. The van der Waals surface area contributed by atoms with Crippen molar-refractivity contribution in [1.82, 2.24) is 14.9 Å². The molecule has 184 valence electrons. The molecule has 7 nitrogen and oxygen atoms in total. The molecule has 1 aliphatic heterocycles. The van der Waals surface area contributed by atoms with E-state index in [0.717, 1.165) is 44.1 Å². The average Bonchev–Trinajstić information content (AvgIpc) is 2.79.